The van der Waals surface area contributed by atoms with E-state index in [2.05, 4.69) is 17.2 Å². The van der Waals surface area contributed by atoms with Crippen LogP contribution in [0.25, 0.3) is 0 Å². The number of hydrogen-bond acceptors (Lipinski definition) is 1. The molecular weight excluding hydrogens is 155 g/mol. The molecule has 0 bridgehead atoms. The van der Waals surface area contributed by atoms with Crippen molar-refractivity contribution in [3.8, 4) is 0 Å². The third kappa shape index (κ3) is 2.91. The van der Waals surface area contributed by atoms with Gasteiger partial charge in [-0.05, 0) is 0 Å². The molecule has 0 rings (SSSR count). The van der Waals surface area contributed by atoms with Gasteiger partial charge in [0.2, 0.25) is 0 Å². The van der Waals surface area contributed by atoms with Crippen LogP contribution >= 0.6 is 0 Å². The summed E-state index contributed by atoms with van der Waals surface area (Å²) in [6.45, 7) is 6.71. The third-order valence-corrected chi connectivity index (χ3v) is 2.12. The molecule has 0 aliphatic heterocycles. The van der Waals surface area contributed by atoms with Crippen molar-refractivity contribution in [2.75, 3.05) is 13.1 Å². The van der Waals surface area contributed by atoms with Crippen molar-refractivity contribution in [2.45, 2.75) is 13.8 Å². The van der Waals surface area contributed by atoms with Crippen molar-refractivity contribution in [3.63, 3.8) is 0 Å². The van der Waals surface area contributed by atoms with E-state index >= 15 is 0 Å². The quantitative estimate of drug-likeness (QED) is 0.546. The number of hydrogen-bond donors (Lipinski definition) is 0. The summed E-state index contributed by atoms with van der Waals surface area (Å²) in [5.74, 6) is 0. The standard InChI is InChI=1S/C4H10N.Nb/c1-3-5-4-2;/h3-4H2,1-2H3;/q-1;+1. The predicted octanol–water partition coefficient (Wildman–Crippen LogP) is 0.790. The van der Waals surface area contributed by atoms with Gasteiger partial charge in [-0.2, -0.15) is 0 Å². The van der Waals surface area contributed by atoms with Gasteiger partial charge in [-0.1, -0.05) is 0 Å². The predicted molar refractivity (Wildman–Crippen MR) is 22.9 cm³/mol. The van der Waals surface area contributed by atoms with Gasteiger partial charge >= 0.3 is 51.6 Å². The Morgan fingerprint density at radius 1 is 1.33 bits per heavy atom. The summed E-state index contributed by atoms with van der Waals surface area (Å²) < 4.78 is 2.30. The molecule has 0 aromatic carbocycles. The zero-order chi connectivity index (χ0) is 4.99. The maximum atomic E-state index is 2.30. The van der Waals surface area contributed by atoms with Gasteiger partial charge < -0.3 is 0 Å². The zero-order valence-electron chi connectivity index (χ0n) is 4.31. The van der Waals surface area contributed by atoms with Crippen LogP contribution in [0.15, 0.2) is 0 Å². The molecule has 0 fully saturated rings. The molecule has 0 aliphatic rings. The van der Waals surface area contributed by atoms with Crippen molar-refractivity contribution in [2.24, 2.45) is 0 Å². The van der Waals surface area contributed by atoms with Gasteiger partial charge in [0.15, 0.2) is 0 Å². The molecule has 0 amide bonds. The molecule has 0 atom stereocenters. The maximum absolute atomic E-state index is 2.30. The number of nitrogens with zero attached hydrogens (tertiary/aromatic N) is 1. The molecule has 0 aliphatic carbocycles. The first-order valence-corrected chi connectivity index (χ1v) is 3.23. The molecule has 0 N–H and O–H groups in total. The first-order chi connectivity index (χ1) is 2.81. The fourth-order valence-corrected chi connectivity index (χ4v) is 0.224. The Morgan fingerprint density at radius 2 is 1.67 bits per heavy atom. The summed E-state index contributed by atoms with van der Waals surface area (Å²) in [7, 11) is 0. The van der Waals surface area contributed by atoms with Gasteiger partial charge in [0, 0.05) is 0 Å². The van der Waals surface area contributed by atoms with E-state index in [-0.39, 0.29) is 0 Å². The summed E-state index contributed by atoms with van der Waals surface area (Å²) in [5, 5.41) is 0. The van der Waals surface area contributed by atoms with Crippen LogP contribution in [0.5, 0.6) is 0 Å². The van der Waals surface area contributed by atoms with Crippen LogP contribution in [0, 0.1) is 0 Å². The average molecular weight is 165 g/mol. The average Bonchev–Trinajstić information content (AvgIpc) is 1.65. The molecule has 0 saturated carbocycles. The van der Waals surface area contributed by atoms with Crippen LogP contribution in [-0.4, -0.2) is 16.4 Å². The zero-order valence-corrected chi connectivity index (χ0v) is 6.51. The van der Waals surface area contributed by atoms with Crippen molar-refractivity contribution >= 4 is 0 Å². The minimum absolute atomic E-state index is 1.19. The molecule has 2 heteroatoms. The van der Waals surface area contributed by atoms with Crippen molar-refractivity contribution in [3.05, 3.63) is 0 Å². The molecule has 1 nitrogen and oxygen atoms in total. The van der Waals surface area contributed by atoms with Crippen LogP contribution in [0.2, 0.25) is 0 Å². The molecule has 0 aromatic rings. The van der Waals surface area contributed by atoms with Gasteiger partial charge in [0.1, 0.15) is 0 Å². The van der Waals surface area contributed by atoms with E-state index < -0.39 is 0 Å². The first kappa shape index (κ1) is 6.70. The van der Waals surface area contributed by atoms with Gasteiger partial charge in [0.25, 0.3) is 0 Å². The minimum atomic E-state index is 1.19. The number of rotatable bonds is 2. The van der Waals surface area contributed by atoms with Crippen LogP contribution in [-0.2, 0) is 21.3 Å². The second-order valence-corrected chi connectivity index (χ2v) is 2.53. The Kier molecular flexibility index (Phi) is 4.33. The van der Waals surface area contributed by atoms with Crippen LogP contribution in [0.4, 0.5) is 0 Å². The van der Waals surface area contributed by atoms with Crippen molar-refractivity contribution < 1.29 is 21.3 Å². The molecule has 6 heavy (non-hydrogen) atoms. The van der Waals surface area contributed by atoms with E-state index in [1.165, 1.54) is 13.1 Å². The van der Waals surface area contributed by atoms with Crippen LogP contribution in [0.3, 0.4) is 0 Å². The summed E-state index contributed by atoms with van der Waals surface area (Å²) in [6, 6.07) is 0. The monoisotopic (exact) mass is 165 g/mol. The molecule has 0 saturated heterocycles. The summed E-state index contributed by atoms with van der Waals surface area (Å²) >= 11 is 1.79. The SMILES string of the molecule is CC[N]([Nb])CC. The first-order valence-electron chi connectivity index (χ1n) is 2.25. The Bertz CT molecular complexity index is 26.7. The van der Waals surface area contributed by atoms with E-state index in [1.807, 2.05) is 0 Å². The third-order valence-electron chi connectivity index (χ3n) is 0.730. The second kappa shape index (κ2) is 3.88. The van der Waals surface area contributed by atoms with Gasteiger partial charge in [0.05, 0.1) is 0 Å². The van der Waals surface area contributed by atoms with Gasteiger partial charge in [-0.15, -0.1) is 0 Å². The van der Waals surface area contributed by atoms with E-state index in [1.54, 1.807) is 21.3 Å². The molecule has 0 radical (unpaired) electrons. The Labute approximate surface area is 52.0 Å². The Morgan fingerprint density at radius 3 is 1.67 bits per heavy atom. The Balaban J connectivity index is 2.75. The van der Waals surface area contributed by atoms with E-state index in [4.69, 9.17) is 0 Å². The topological polar surface area (TPSA) is 3.24 Å². The van der Waals surface area contributed by atoms with E-state index in [0.717, 1.165) is 0 Å². The summed E-state index contributed by atoms with van der Waals surface area (Å²) in [5.41, 5.74) is 0. The van der Waals surface area contributed by atoms with Crippen LogP contribution < -0.4 is 0 Å². The van der Waals surface area contributed by atoms with Gasteiger partial charge in [-0.3, -0.25) is 0 Å². The molecule has 0 unspecified atom stereocenters. The fourth-order valence-electron chi connectivity index (χ4n) is 0.224. The summed E-state index contributed by atoms with van der Waals surface area (Å²) in [6.07, 6.45) is 0. The molecule has 36 valence electrons. The normalized spacial score (nSPS) is 9.83. The van der Waals surface area contributed by atoms with Crippen molar-refractivity contribution in [1.29, 1.82) is 0 Å². The van der Waals surface area contributed by atoms with E-state index in [0.29, 0.717) is 0 Å². The van der Waals surface area contributed by atoms with Gasteiger partial charge in [-0.25, -0.2) is 0 Å². The molecule has 0 spiro atoms. The molecule has 0 aromatic heterocycles. The Hall–Kier alpha value is 0.700. The fraction of sp³-hybridized carbons (Fsp3) is 1.00. The molecular formula is C4H10NNb. The molecule has 0 heterocycles. The van der Waals surface area contributed by atoms with Crippen LogP contribution in [0.1, 0.15) is 13.8 Å². The second-order valence-electron chi connectivity index (χ2n) is 1.14. The summed E-state index contributed by atoms with van der Waals surface area (Å²) in [4.78, 5) is 0. The van der Waals surface area contributed by atoms with Crippen molar-refractivity contribution in [1.82, 2.24) is 3.30 Å². The van der Waals surface area contributed by atoms with E-state index in [9.17, 15) is 0 Å².